The number of carbonyl (C=O) groups is 3. The molecule has 0 spiro atoms. The maximum Gasteiger partial charge on any atom is 0.275 e. The van der Waals surface area contributed by atoms with Crippen LogP contribution in [0.15, 0.2) is 83.8 Å². The molecule has 1 unspecified atom stereocenters. The van der Waals surface area contributed by atoms with Gasteiger partial charge in [0.15, 0.2) is 5.69 Å². The molecule has 2 saturated heterocycles. The molecule has 0 radical (unpaired) electrons. The first-order chi connectivity index (χ1) is 32.9. The minimum Gasteiger partial charge on any atom is -0.492 e. The Labute approximate surface area is 404 Å². The average molecular weight is 969 g/mol. The van der Waals surface area contributed by atoms with Crippen LogP contribution in [0.25, 0.3) is 16.5 Å². The largest absolute Gasteiger partial charge is 0.492 e. The van der Waals surface area contributed by atoms with E-state index >= 15 is 4.79 Å². The van der Waals surface area contributed by atoms with E-state index in [1.807, 2.05) is 35.2 Å². The molecule has 1 aromatic heterocycles. The summed E-state index contributed by atoms with van der Waals surface area (Å²) in [7, 11) is -4.43. The topological polar surface area (TPSA) is 156 Å². The third-order valence-corrected chi connectivity index (χ3v) is 14.9. The molecule has 8 rings (SSSR count). The van der Waals surface area contributed by atoms with Gasteiger partial charge in [-0.05, 0) is 79.1 Å². The van der Waals surface area contributed by atoms with E-state index in [0.29, 0.717) is 94.7 Å². The zero-order valence-corrected chi connectivity index (χ0v) is 40.8. The van der Waals surface area contributed by atoms with Crippen molar-refractivity contribution in [3.8, 4) is 11.4 Å². The van der Waals surface area contributed by atoms with E-state index < -0.39 is 15.9 Å². The van der Waals surface area contributed by atoms with E-state index in [9.17, 15) is 18.0 Å². The number of fused-ring (bicyclic) bond motifs is 2. The lowest BCUT2D eigenvalue weighted by Crippen LogP contribution is -2.52. The van der Waals surface area contributed by atoms with Crippen LogP contribution >= 0.6 is 11.6 Å². The summed E-state index contributed by atoms with van der Waals surface area (Å²) in [5, 5.41) is 6.31. The lowest BCUT2D eigenvalue weighted by molar-refractivity contribution is 0.0192. The number of rotatable bonds is 18. The maximum atomic E-state index is 15.4. The highest BCUT2D eigenvalue weighted by Gasteiger charge is 2.35. The number of benzene rings is 4. The molecular formula is C51H62ClN7O8S. The summed E-state index contributed by atoms with van der Waals surface area (Å²) >= 11 is 6.97. The molecule has 3 aliphatic rings. The molecule has 0 bridgehead atoms. The number of aromatic nitrogens is 2. The van der Waals surface area contributed by atoms with Gasteiger partial charge < -0.3 is 24.0 Å². The van der Waals surface area contributed by atoms with Gasteiger partial charge in [0.1, 0.15) is 12.4 Å². The molecule has 68 heavy (non-hydrogen) atoms. The molecule has 3 aliphatic heterocycles. The van der Waals surface area contributed by atoms with Gasteiger partial charge in [0, 0.05) is 75.9 Å². The van der Waals surface area contributed by atoms with Crippen molar-refractivity contribution in [1.29, 1.82) is 0 Å². The molecule has 1 N–H and O–H groups in total. The standard InChI is InChI=1S/C51H62ClN7O8S/c1-4-6-19-57(20-7-5-2)51(62)48-47(52)36(3)59(53-48)45-18-16-39(32-44(45)50(61)58-34-40-12-9-8-11-38(40)31-41(58)35-56-23-28-66-29-24-56)49(60)54-68(63,64)42-17-15-37-13-10-14-46(43(37)33-42)67-30-25-55-21-26-65-27-22-55/h8-18,32-33,41H,4-7,19-31,34-35H2,1-3H3,(H,54,60). The fourth-order valence-corrected chi connectivity index (χ4v) is 10.3. The number of carbonyl (C=O) groups excluding carboxylic acids is 3. The zero-order chi connectivity index (χ0) is 47.8. The van der Waals surface area contributed by atoms with Gasteiger partial charge in [-0.15, -0.1) is 0 Å². The third-order valence-electron chi connectivity index (χ3n) is 13.1. The number of halogens is 1. The number of sulfonamides is 1. The Hall–Kier alpha value is -5.36. The second-order valence-corrected chi connectivity index (χ2v) is 19.8. The van der Waals surface area contributed by atoms with E-state index in [1.165, 1.54) is 28.9 Å². The highest BCUT2D eigenvalue weighted by molar-refractivity contribution is 7.90. The van der Waals surface area contributed by atoms with Crippen LogP contribution < -0.4 is 9.46 Å². The molecule has 5 aromatic rings. The first kappa shape index (κ1) is 49.1. The molecular weight excluding hydrogens is 906 g/mol. The third kappa shape index (κ3) is 11.2. The Morgan fingerprint density at radius 3 is 2.25 bits per heavy atom. The van der Waals surface area contributed by atoms with Crippen LogP contribution in [0.4, 0.5) is 0 Å². The van der Waals surface area contributed by atoms with Crippen molar-refractivity contribution in [1.82, 2.24) is 34.1 Å². The molecule has 2 fully saturated rings. The fraction of sp³-hybridized carbons (Fsp3) is 0.451. The number of hydrogen-bond acceptors (Lipinski definition) is 11. The van der Waals surface area contributed by atoms with Crippen molar-refractivity contribution >= 4 is 50.1 Å². The lowest BCUT2D eigenvalue weighted by atomic mass is 9.92. The predicted octanol–water partition coefficient (Wildman–Crippen LogP) is 6.76. The molecule has 1 atom stereocenters. The summed E-state index contributed by atoms with van der Waals surface area (Å²) in [6.45, 7) is 14.6. The molecule has 4 heterocycles. The van der Waals surface area contributed by atoms with Crippen molar-refractivity contribution in [3.05, 3.63) is 118 Å². The SMILES string of the molecule is CCCCN(CCCC)C(=O)c1nn(-c2ccc(C(=O)NS(=O)(=O)c3ccc4cccc(OCCN5CCOCC5)c4c3)cc2C(=O)N2Cc3ccccc3CC2CN2CCOCC2)c(C)c1Cl. The smallest absolute Gasteiger partial charge is 0.275 e. The van der Waals surface area contributed by atoms with Crippen molar-refractivity contribution in [2.75, 3.05) is 85.4 Å². The first-order valence-corrected chi connectivity index (χ1v) is 25.7. The minimum atomic E-state index is -4.43. The summed E-state index contributed by atoms with van der Waals surface area (Å²) in [5.74, 6) is -1.08. The maximum absolute atomic E-state index is 15.4. The van der Waals surface area contributed by atoms with Gasteiger partial charge in [0.2, 0.25) is 0 Å². The van der Waals surface area contributed by atoms with Gasteiger partial charge in [-0.25, -0.2) is 17.8 Å². The van der Waals surface area contributed by atoms with Gasteiger partial charge in [0.25, 0.3) is 27.7 Å². The highest BCUT2D eigenvalue weighted by atomic mass is 35.5. The molecule has 0 aliphatic carbocycles. The van der Waals surface area contributed by atoms with Crippen molar-refractivity contribution in [3.63, 3.8) is 0 Å². The Balaban J connectivity index is 1.13. The summed E-state index contributed by atoms with van der Waals surface area (Å²) in [6.07, 6.45) is 4.07. The van der Waals surface area contributed by atoms with Gasteiger partial charge in [-0.1, -0.05) is 80.8 Å². The normalized spacial score (nSPS) is 16.9. The van der Waals surface area contributed by atoms with E-state index in [4.69, 9.17) is 30.9 Å². The van der Waals surface area contributed by atoms with Gasteiger partial charge in [0.05, 0.1) is 53.3 Å². The summed E-state index contributed by atoms with van der Waals surface area (Å²) < 4.78 is 49.2. The van der Waals surface area contributed by atoms with E-state index in [-0.39, 0.29) is 44.6 Å². The Morgan fingerprint density at radius 2 is 1.54 bits per heavy atom. The number of amides is 3. The zero-order valence-electron chi connectivity index (χ0n) is 39.3. The fourth-order valence-electron chi connectivity index (χ4n) is 9.14. The van der Waals surface area contributed by atoms with E-state index in [0.717, 1.165) is 68.4 Å². The predicted molar refractivity (Wildman–Crippen MR) is 261 cm³/mol. The lowest BCUT2D eigenvalue weighted by Gasteiger charge is -2.40. The van der Waals surface area contributed by atoms with Crippen LogP contribution in [0.3, 0.4) is 0 Å². The molecule has 17 heteroatoms. The number of hydrogen-bond donors (Lipinski definition) is 1. The van der Waals surface area contributed by atoms with Gasteiger partial charge in [-0.2, -0.15) is 5.10 Å². The monoisotopic (exact) mass is 967 g/mol. The number of ether oxygens (including phenoxy) is 3. The van der Waals surface area contributed by atoms with Gasteiger partial charge >= 0.3 is 0 Å². The van der Waals surface area contributed by atoms with E-state index in [2.05, 4.69) is 34.4 Å². The molecule has 4 aromatic carbocycles. The molecule has 3 amide bonds. The van der Waals surface area contributed by atoms with E-state index in [1.54, 1.807) is 30.0 Å². The van der Waals surface area contributed by atoms with Crippen LogP contribution in [0.2, 0.25) is 5.02 Å². The summed E-state index contributed by atoms with van der Waals surface area (Å²) in [5.41, 5.74) is 3.00. The number of nitrogens with zero attached hydrogens (tertiary/aromatic N) is 6. The number of unbranched alkanes of at least 4 members (excludes halogenated alkanes) is 2. The number of nitrogens with one attached hydrogen (secondary N) is 1. The quantitative estimate of drug-likeness (QED) is 0.0991. The van der Waals surface area contributed by atoms with Crippen LogP contribution in [-0.4, -0.2) is 147 Å². The second-order valence-electron chi connectivity index (χ2n) is 17.7. The summed E-state index contributed by atoms with van der Waals surface area (Å²) in [4.78, 5) is 51.8. The first-order valence-electron chi connectivity index (χ1n) is 23.8. The van der Waals surface area contributed by atoms with Crippen LogP contribution in [-0.2, 0) is 32.5 Å². The molecule has 0 saturated carbocycles. The average Bonchev–Trinajstić information content (AvgIpc) is 3.65. The molecule has 15 nitrogen and oxygen atoms in total. The van der Waals surface area contributed by atoms with Crippen molar-refractivity contribution < 1.29 is 37.0 Å². The Bertz CT molecular complexity index is 2710. The van der Waals surface area contributed by atoms with Gasteiger partial charge in [-0.3, -0.25) is 24.2 Å². The van der Waals surface area contributed by atoms with Crippen LogP contribution in [0, 0.1) is 6.92 Å². The van der Waals surface area contributed by atoms with Crippen LogP contribution in [0.5, 0.6) is 5.75 Å². The molecule has 362 valence electrons. The summed E-state index contributed by atoms with van der Waals surface area (Å²) in [6, 6.07) is 22.4. The van der Waals surface area contributed by atoms with Crippen molar-refractivity contribution in [2.24, 2.45) is 0 Å². The number of morpholine rings is 2. The van der Waals surface area contributed by atoms with Crippen LogP contribution in [0.1, 0.15) is 87.6 Å². The second kappa shape index (κ2) is 22.4. The highest BCUT2D eigenvalue weighted by Crippen LogP contribution is 2.32. The Kier molecular flexibility index (Phi) is 16.2. The Morgan fingerprint density at radius 1 is 0.853 bits per heavy atom. The minimum absolute atomic E-state index is 0.0618. The van der Waals surface area contributed by atoms with Crippen molar-refractivity contribution in [2.45, 2.75) is 70.4 Å².